The highest BCUT2D eigenvalue weighted by Gasteiger charge is 2.30. The summed E-state index contributed by atoms with van der Waals surface area (Å²) < 4.78 is 27.4. The first-order valence-corrected chi connectivity index (χ1v) is 10.6. The molecule has 0 bridgehead atoms. The van der Waals surface area contributed by atoms with Crippen molar-refractivity contribution >= 4 is 73.7 Å². The fourth-order valence-corrected chi connectivity index (χ4v) is 4.90. The summed E-state index contributed by atoms with van der Waals surface area (Å²) >= 11 is 24.0. The zero-order valence-corrected chi connectivity index (χ0v) is 17.4. The maximum atomic E-state index is 12.6. The Kier molecular flexibility index (Phi) is 5.82. The minimum Gasteiger partial charge on any atom is -0.396 e. The number of rotatable bonds is 5. The molecule has 0 spiro atoms. The SMILES string of the molecule is Nc1c(Cl)cc(NC(=O)c2cc(S(=O)(=O)NC3CC3)c(Cl)cc2Cl)cc1Cl. The third-order valence-electron chi connectivity index (χ3n) is 3.79. The summed E-state index contributed by atoms with van der Waals surface area (Å²) in [7, 11) is -3.87. The Morgan fingerprint density at radius 1 is 0.963 bits per heavy atom. The molecule has 1 aliphatic carbocycles. The van der Waals surface area contributed by atoms with Crippen LogP contribution in [0.4, 0.5) is 11.4 Å². The zero-order valence-electron chi connectivity index (χ0n) is 13.5. The van der Waals surface area contributed by atoms with Gasteiger partial charge in [-0.05, 0) is 37.1 Å². The molecular formula is C16H13Cl4N3O3S. The molecular weight excluding hydrogens is 456 g/mol. The minimum absolute atomic E-state index is 0.00416. The van der Waals surface area contributed by atoms with Crippen molar-refractivity contribution in [2.75, 3.05) is 11.1 Å². The van der Waals surface area contributed by atoms with E-state index in [-0.39, 0.29) is 48.0 Å². The predicted molar refractivity (Wildman–Crippen MR) is 109 cm³/mol. The van der Waals surface area contributed by atoms with Crippen LogP contribution < -0.4 is 15.8 Å². The Labute approximate surface area is 176 Å². The average Bonchev–Trinajstić information content (AvgIpc) is 3.35. The van der Waals surface area contributed by atoms with Crippen LogP contribution in [0.5, 0.6) is 0 Å². The second-order valence-corrected chi connectivity index (χ2v) is 9.28. The van der Waals surface area contributed by atoms with Crippen LogP contribution in [0.2, 0.25) is 20.1 Å². The van der Waals surface area contributed by atoms with Gasteiger partial charge in [0.15, 0.2) is 0 Å². The van der Waals surface area contributed by atoms with Gasteiger partial charge in [0.2, 0.25) is 10.0 Å². The van der Waals surface area contributed by atoms with E-state index in [0.29, 0.717) is 0 Å². The van der Waals surface area contributed by atoms with Crippen molar-refractivity contribution in [3.63, 3.8) is 0 Å². The van der Waals surface area contributed by atoms with Crippen LogP contribution in [-0.2, 0) is 10.0 Å². The number of carbonyl (C=O) groups excluding carboxylic acids is 1. The molecule has 1 saturated carbocycles. The van der Waals surface area contributed by atoms with E-state index in [2.05, 4.69) is 10.0 Å². The number of hydrogen-bond donors (Lipinski definition) is 3. The smallest absolute Gasteiger partial charge is 0.257 e. The Balaban J connectivity index is 1.94. The summed E-state index contributed by atoms with van der Waals surface area (Å²) in [6.45, 7) is 0. The number of nitrogens with two attached hydrogens (primary N) is 1. The monoisotopic (exact) mass is 467 g/mol. The molecule has 0 atom stereocenters. The first-order valence-electron chi connectivity index (χ1n) is 7.65. The Bertz CT molecular complexity index is 1020. The number of benzene rings is 2. The van der Waals surface area contributed by atoms with E-state index in [1.54, 1.807) is 0 Å². The largest absolute Gasteiger partial charge is 0.396 e. The highest BCUT2D eigenvalue weighted by Crippen LogP contribution is 2.33. The number of nitrogens with one attached hydrogen (secondary N) is 2. The van der Waals surface area contributed by atoms with E-state index in [9.17, 15) is 13.2 Å². The molecule has 144 valence electrons. The van der Waals surface area contributed by atoms with Gasteiger partial charge < -0.3 is 11.1 Å². The van der Waals surface area contributed by atoms with Crippen molar-refractivity contribution in [3.8, 4) is 0 Å². The van der Waals surface area contributed by atoms with Crippen LogP contribution in [0.25, 0.3) is 0 Å². The van der Waals surface area contributed by atoms with Crippen LogP contribution in [0.15, 0.2) is 29.2 Å². The maximum Gasteiger partial charge on any atom is 0.257 e. The van der Waals surface area contributed by atoms with E-state index < -0.39 is 15.9 Å². The lowest BCUT2D eigenvalue weighted by Crippen LogP contribution is -2.26. The van der Waals surface area contributed by atoms with E-state index in [0.717, 1.165) is 18.9 Å². The summed E-state index contributed by atoms with van der Waals surface area (Å²) in [5.41, 5.74) is 6.05. The van der Waals surface area contributed by atoms with Crippen molar-refractivity contribution in [1.29, 1.82) is 0 Å². The highest BCUT2D eigenvalue weighted by molar-refractivity contribution is 7.89. The summed E-state index contributed by atoms with van der Waals surface area (Å²) in [6, 6.07) is 5.06. The van der Waals surface area contributed by atoms with Crippen molar-refractivity contribution < 1.29 is 13.2 Å². The van der Waals surface area contributed by atoms with Gasteiger partial charge in [0.1, 0.15) is 4.90 Å². The van der Waals surface area contributed by atoms with E-state index in [1.165, 1.54) is 18.2 Å². The topological polar surface area (TPSA) is 101 Å². The molecule has 2 aromatic rings. The van der Waals surface area contributed by atoms with Gasteiger partial charge in [0, 0.05) is 11.7 Å². The molecule has 4 N–H and O–H groups in total. The second-order valence-electron chi connectivity index (χ2n) is 5.97. The normalized spacial score (nSPS) is 14.2. The van der Waals surface area contributed by atoms with Crippen LogP contribution in [0.3, 0.4) is 0 Å². The molecule has 0 aliphatic heterocycles. The minimum atomic E-state index is -3.87. The number of anilines is 2. The Morgan fingerprint density at radius 3 is 2.11 bits per heavy atom. The number of sulfonamides is 1. The van der Waals surface area contributed by atoms with E-state index in [4.69, 9.17) is 52.1 Å². The molecule has 6 nitrogen and oxygen atoms in total. The van der Waals surface area contributed by atoms with Crippen molar-refractivity contribution in [1.82, 2.24) is 4.72 Å². The highest BCUT2D eigenvalue weighted by atomic mass is 35.5. The molecule has 1 amide bonds. The average molecular weight is 469 g/mol. The van der Waals surface area contributed by atoms with Gasteiger partial charge in [0.05, 0.1) is 31.3 Å². The fourth-order valence-electron chi connectivity index (χ4n) is 2.25. The van der Waals surface area contributed by atoms with Crippen LogP contribution in [0.1, 0.15) is 23.2 Å². The lowest BCUT2D eigenvalue weighted by Gasteiger charge is -2.12. The molecule has 0 radical (unpaired) electrons. The van der Waals surface area contributed by atoms with Gasteiger partial charge in [-0.15, -0.1) is 0 Å². The standard InChI is InChI=1S/C16H13Cl4N3O3S/c17-10-6-11(18)14(27(25,26)23-7-1-2-7)5-9(10)16(24)22-8-3-12(19)15(21)13(20)4-8/h3-7,23H,1-2,21H2,(H,22,24). The Hall–Kier alpha value is -1.22. The fraction of sp³-hybridized carbons (Fsp3) is 0.188. The van der Waals surface area contributed by atoms with Gasteiger partial charge in [-0.1, -0.05) is 46.4 Å². The number of nitrogen functional groups attached to an aromatic ring is 1. The molecule has 11 heteroatoms. The molecule has 2 aromatic carbocycles. The van der Waals surface area contributed by atoms with Crippen molar-refractivity contribution in [2.45, 2.75) is 23.8 Å². The summed E-state index contributed by atoms with van der Waals surface area (Å²) in [5.74, 6) is -0.656. The predicted octanol–water partition coefficient (Wildman–Crippen LogP) is 4.58. The van der Waals surface area contributed by atoms with Gasteiger partial charge in [-0.2, -0.15) is 0 Å². The first kappa shape index (κ1) is 20.5. The second kappa shape index (κ2) is 7.66. The number of halogens is 4. The molecule has 1 fully saturated rings. The van der Waals surface area contributed by atoms with Crippen LogP contribution in [-0.4, -0.2) is 20.4 Å². The third kappa shape index (κ3) is 4.62. The lowest BCUT2D eigenvalue weighted by molar-refractivity contribution is 0.102. The maximum absolute atomic E-state index is 12.6. The van der Waals surface area contributed by atoms with E-state index >= 15 is 0 Å². The van der Waals surface area contributed by atoms with Crippen LogP contribution >= 0.6 is 46.4 Å². The van der Waals surface area contributed by atoms with Gasteiger partial charge in [-0.25, -0.2) is 13.1 Å². The molecule has 27 heavy (non-hydrogen) atoms. The first-order chi connectivity index (χ1) is 12.6. The molecule has 0 saturated heterocycles. The van der Waals surface area contributed by atoms with Gasteiger partial charge >= 0.3 is 0 Å². The summed E-state index contributed by atoms with van der Waals surface area (Å²) in [5, 5.41) is 2.80. The zero-order chi connectivity index (χ0) is 19.9. The Morgan fingerprint density at radius 2 is 1.56 bits per heavy atom. The number of amides is 1. The van der Waals surface area contributed by atoms with Crippen molar-refractivity contribution in [2.24, 2.45) is 0 Å². The molecule has 0 unspecified atom stereocenters. The lowest BCUT2D eigenvalue weighted by atomic mass is 10.2. The van der Waals surface area contributed by atoms with Gasteiger partial charge in [-0.3, -0.25) is 4.79 Å². The molecule has 3 rings (SSSR count). The molecule has 0 heterocycles. The molecule has 0 aromatic heterocycles. The third-order valence-corrected chi connectivity index (χ3v) is 6.72. The van der Waals surface area contributed by atoms with Crippen molar-refractivity contribution in [3.05, 3.63) is 49.9 Å². The molecule has 1 aliphatic rings. The van der Waals surface area contributed by atoms with Gasteiger partial charge in [0.25, 0.3) is 5.91 Å². The summed E-state index contributed by atoms with van der Waals surface area (Å²) in [6.07, 6.45) is 1.52. The number of hydrogen-bond acceptors (Lipinski definition) is 4. The van der Waals surface area contributed by atoms with E-state index in [1.807, 2.05) is 0 Å². The summed E-state index contributed by atoms with van der Waals surface area (Å²) in [4.78, 5) is 12.4. The number of carbonyl (C=O) groups is 1. The quantitative estimate of drug-likeness (QED) is 0.559. The van der Waals surface area contributed by atoms with Crippen LogP contribution in [0, 0.1) is 0 Å².